The van der Waals surface area contributed by atoms with Gasteiger partial charge in [0.05, 0.1) is 18.8 Å². The van der Waals surface area contributed by atoms with Crippen LogP contribution in [0.5, 0.6) is 0 Å². The predicted octanol–water partition coefficient (Wildman–Crippen LogP) is 13.8. The Hall–Kier alpha value is -1.39. The molecule has 0 aliphatic carbocycles. The van der Waals surface area contributed by atoms with Gasteiger partial charge >= 0.3 is 0 Å². The first-order valence-electron chi connectivity index (χ1n) is 22.2. The number of aliphatic hydroxyl groups excluding tert-OH is 2. The first-order chi connectivity index (χ1) is 24.7. The summed E-state index contributed by atoms with van der Waals surface area (Å²) < 4.78 is 0. The Balaban J connectivity index is 3.58. The molecule has 0 spiro atoms. The minimum Gasteiger partial charge on any atom is -0.394 e. The largest absolute Gasteiger partial charge is 0.394 e. The zero-order valence-corrected chi connectivity index (χ0v) is 33.7. The van der Waals surface area contributed by atoms with Gasteiger partial charge in [0, 0.05) is 6.42 Å². The van der Waals surface area contributed by atoms with Crippen LogP contribution in [0.15, 0.2) is 36.5 Å². The van der Waals surface area contributed by atoms with Crippen molar-refractivity contribution in [2.75, 3.05) is 6.61 Å². The van der Waals surface area contributed by atoms with Gasteiger partial charge in [-0.3, -0.25) is 4.79 Å². The highest BCUT2D eigenvalue weighted by atomic mass is 16.3. The van der Waals surface area contributed by atoms with Crippen LogP contribution in [0.25, 0.3) is 0 Å². The fraction of sp³-hybridized carbons (Fsp3) is 0.848. The van der Waals surface area contributed by atoms with Gasteiger partial charge in [0.15, 0.2) is 0 Å². The van der Waals surface area contributed by atoms with Crippen molar-refractivity contribution in [1.82, 2.24) is 5.32 Å². The molecule has 0 saturated heterocycles. The molecule has 2 unspecified atom stereocenters. The summed E-state index contributed by atoms with van der Waals surface area (Å²) in [5.74, 6) is -0.0712. The summed E-state index contributed by atoms with van der Waals surface area (Å²) in [5, 5.41) is 23.0. The number of nitrogens with one attached hydrogen (secondary N) is 1. The van der Waals surface area contributed by atoms with Gasteiger partial charge in [-0.15, -0.1) is 0 Å². The van der Waals surface area contributed by atoms with Crippen molar-refractivity contribution >= 4 is 5.91 Å². The second kappa shape index (κ2) is 42.0. The molecule has 0 heterocycles. The number of amides is 1. The van der Waals surface area contributed by atoms with Gasteiger partial charge in [0.2, 0.25) is 5.91 Å². The second-order valence-corrected chi connectivity index (χ2v) is 15.1. The van der Waals surface area contributed by atoms with Crippen LogP contribution >= 0.6 is 0 Å². The van der Waals surface area contributed by atoms with Crippen LogP contribution < -0.4 is 5.32 Å². The molecule has 0 fully saturated rings. The zero-order valence-electron chi connectivity index (χ0n) is 33.7. The Morgan fingerprint density at radius 1 is 0.480 bits per heavy atom. The lowest BCUT2D eigenvalue weighted by atomic mass is 10.0. The first kappa shape index (κ1) is 48.6. The van der Waals surface area contributed by atoms with Crippen LogP contribution in [-0.2, 0) is 4.79 Å². The van der Waals surface area contributed by atoms with Crippen molar-refractivity contribution in [3.63, 3.8) is 0 Å². The summed E-state index contributed by atoms with van der Waals surface area (Å²) in [6.07, 6.45) is 55.3. The number of rotatable bonds is 40. The van der Waals surface area contributed by atoms with E-state index in [0.717, 1.165) is 32.1 Å². The number of unbranched alkanes of at least 4 members (excludes halogenated alkanes) is 29. The van der Waals surface area contributed by atoms with E-state index in [-0.39, 0.29) is 12.5 Å². The third-order valence-electron chi connectivity index (χ3n) is 10.1. The maximum absolute atomic E-state index is 12.4. The van der Waals surface area contributed by atoms with E-state index in [9.17, 15) is 15.0 Å². The molecule has 4 heteroatoms. The van der Waals surface area contributed by atoms with Crippen LogP contribution in [0.3, 0.4) is 0 Å². The molecule has 4 nitrogen and oxygen atoms in total. The molecule has 0 aliphatic heterocycles. The van der Waals surface area contributed by atoms with Crippen LogP contribution in [0.1, 0.15) is 232 Å². The summed E-state index contributed by atoms with van der Waals surface area (Å²) in [6.45, 7) is 4.30. The molecule has 1 amide bonds. The van der Waals surface area contributed by atoms with E-state index in [1.807, 2.05) is 6.08 Å². The molecule has 0 saturated carbocycles. The molecule has 50 heavy (non-hydrogen) atoms. The lowest BCUT2D eigenvalue weighted by molar-refractivity contribution is -0.123. The maximum Gasteiger partial charge on any atom is 0.220 e. The highest BCUT2D eigenvalue weighted by Gasteiger charge is 2.17. The summed E-state index contributed by atoms with van der Waals surface area (Å²) in [7, 11) is 0. The minimum absolute atomic E-state index is 0.0712. The number of carbonyl (C=O) groups excluding carboxylic acids is 1. The van der Waals surface area contributed by atoms with E-state index in [2.05, 4.69) is 43.5 Å². The molecule has 294 valence electrons. The van der Waals surface area contributed by atoms with Crippen molar-refractivity contribution in [2.24, 2.45) is 0 Å². The standard InChI is InChI=1S/C46H87NO3/c1-3-5-7-9-11-13-15-17-19-21-23-24-25-27-29-31-33-35-37-39-41-45(49)44(43-48)47-46(50)42-40-38-36-34-32-30-28-26-22-20-18-16-14-12-10-8-6-4-2/h14,16,20,22,39,41,44-45,48-49H,3-13,15,17-19,21,23-38,40,42-43H2,1-2H3,(H,47,50)/b16-14-,22-20-,41-39+. The third-order valence-corrected chi connectivity index (χ3v) is 10.1. The van der Waals surface area contributed by atoms with Crippen molar-refractivity contribution in [3.8, 4) is 0 Å². The van der Waals surface area contributed by atoms with Crippen LogP contribution in [0.4, 0.5) is 0 Å². The number of hydrogen-bond donors (Lipinski definition) is 3. The maximum atomic E-state index is 12.4. The van der Waals surface area contributed by atoms with E-state index < -0.39 is 12.1 Å². The second-order valence-electron chi connectivity index (χ2n) is 15.1. The normalized spacial score (nSPS) is 13.3. The van der Waals surface area contributed by atoms with Gasteiger partial charge in [-0.1, -0.05) is 211 Å². The van der Waals surface area contributed by atoms with E-state index in [4.69, 9.17) is 0 Å². The number of carbonyl (C=O) groups is 1. The molecule has 0 aromatic heterocycles. The Kier molecular flexibility index (Phi) is 40.9. The van der Waals surface area contributed by atoms with Crippen LogP contribution in [0, 0.1) is 0 Å². The van der Waals surface area contributed by atoms with E-state index in [1.165, 1.54) is 180 Å². The molecule has 0 aromatic carbocycles. The van der Waals surface area contributed by atoms with E-state index in [0.29, 0.717) is 6.42 Å². The Morgan fingerprint density at radius 2 is 0.820 bits per heavy atom. The summed E-state index contributed by atoms with van der Waals surface area (Å²) in [5.41, 5.74) is 0. The molecule has 0 aromatic rings. The average molecular weight is 702 g/mol. The lowest BCUT2D eigenvalue weighted by Gasteiger charge is -2.20. The Bertz CT molecular complexity index is 760. The third kappa shape index (κ3) is 37.9. The predicted molar refractivity (Wildman–Crippen MR) is 221 cm³/mol. The van der Waals surface area contributed by atoms with Gasteiger partial charge in [-0.25, -0.2) is 0 Å². The smallest absolute Gasteiger partial charge is 0.220 e. The number of allylic oxidation sites excluding steroid dienone is 5. The highest BCUT2D eigenvalue weighted by Crippen LogP contribution is 2.15. The summed E-state index contributed by atoms with van der Waals surface area (Å²) >= 11 is 0. The fourth-order valence-corrected chi connectivity index (χ4v) is 6.68. The van der Waals surface area contributed by atoms with Gasteiger partial charge in [-0.05, 0) is 51.4 Å². The van der Waals surface area contributed by atoms with Crippen molar-refractivity contribution in [2.45, 2.75) is 244 Å². The van der Waals surface area contributed by atoms with Gasteiger partial charge in [-0.2, -0.15) is 0 Å². The number of aliphatic hydroxyl groups is 2. The van der Waals surface area contributed by atoms with Crippen molar-refractivity contribution in [1.29, 1.82) is 0 Å². The Morgan fingerprint density at radius 3 is 1.22 bits per heavy atom. The monoisotopic (exact) mass is 702 g/mol. The number of hydrogen-bond acceptors (Lipinski definition) is 3. The zero-order chi connectivity index (χ0) is 36.4. The van der Waals surface area contributed by atoms with Crippen molar-refractivity contribution in [3.05, 3.63) is 36.5 Å². The molecule has 0 aliphatic rings. The molecule has 0 rings (SSSR count). The highest BCUT2D eigenvalue weighted by molar-refractivity contribution is 5.76. The molecule has 0 radical (unpaired) electrons. The molecule has 0 bridgehead atoms. The summed E-state index contributed by atoms with van der Waals surface area (Å²) in [4.78, 5) is 12.4. The molecule has 2 atom stereocenters. The van der Waals surface area contributed by atoms with Crippen molar-refractivity contribution < 1.29 is 15.0 Å². The molecule has 3 N–H and O–H groups in total. The molecular formula is C46H87NO3. The molecular weight excluding hydrogens is 615 g/mol. The average Bonchev–Trinajstić information content (AvgIpc) is 3.12. The minimum atomic E-state index is -0.842. The van der Waals surface area contributed by atoms with E-state index in [1.54, 1.807) is 6.08 Å². The SMILES string of the molecule is CCCCCC/C=C\C/C=C\CCCCCCCCCC(=O)NC(CO)C(O)/C=C/CCCCCCCCCCCCCCCCCCCC. The quantitative estimate of drug-likeness (QED) is 0.0440. The first-order valence-corrected chi connectivity index (χ1v) is 22.2. The fourth-order valence-electron chi connectivity index (χ4n) is 6.68. The lowest BCUT2D eigenvalue weighted by Crippen LogP contribution is -2.45. The Labute approximate surface area is 312 Å². The van der Waals surface area contributed by atoms with Crippen LogP contribution in [0.2, 0.25) is 0 Å². The summed E-state index contributed by atoms with van der Waals surface area (Å²) in [6, 6.07) is -0.625. The topological polar surface area (TPSA) is 69.6 Å². The van der Waals surface area contributed by atoms with Gasteiger partial charge < -0.3 is 15.5 Å². The van der Waals surface area contributed by atoms with E-state index >= 15 is 0 Å². The van der Waals surface area contributed by atoms with Crippen LogP contribution in [-0.4, -0.2) is 34.9 Å². The van der Waals surface area contributed by atoms with Gasteiger partial charge in [0.1, 0.15) is 0 Å². The van der Waals surface area contributed by atoms with Gasteiger partial charge in [0.25, 0.3) is 0 Å².